The molecule has 1 N–H and O–H groups in total. The van der Waals surface area contributed by atoms with Crippen molar-refractivity contribution in [2.45, 2.75) is 50.5 Å². The minimum atomic E-state index is -3.21. The summed E-state index contributed by atoms with van der Waals surface area (Å²) < 4.78 is 24.6. The monoisotopic (exact) mass is 283 g/mol. The lowest BCUT2D eigenvalue weighted by Crippen LogP contribution is -2.32. The molecule has 3 nitrogen and oxygen atoms in total. The first-order chi connectivity index (χ1) is 8.70. The quantitative estimate of drug-likeness (QED) is 0.904. The molecule has 0 aliphatic carbocycles. The molecule has 0 saturated heterocycles. The van der Waals surface area contributed by atoms with Crippen molar-refractivity contribution in [3.63, 3.8) is 0 Å². The molecule has 0 bridgehead atoms. The van der Waals surface area contributed by atoms with Crippen molar-refractivity contribution < 1.29 is 8.42 Å². The summed E-state index contributed by atoms with van der Waals surface area (Å²) in [5.74, 6) is 0.148. The van der Waals surface area contributed by atoms with Gasteiger partial charge in [-0.05, 0) is 36.6 Å². The van der Waals surface area contributed by atoms with Crippen LogP contribution in [-0.4, -0.2) is 27.3 Å². The molecular weight excluding hydrogens is 258 g/mol. The van der Waals surface area contributed by atoms with Gasteiger partial charge in [0.05, 0.1) is 10.6 Å². The SMILES string of the molecule is CCC(CS(=O)(=O)c1ccc(C(C)(C)C)cc1)NC. The van der Waals surface area contributed by atoms with Gasteiger partial charge in [-0.1, -0.05) is 39.8 Å². The van der Waals surface area contributed by atoms with Gasteiger partial charge in [-0.15, -0.1) is 0 Å². The molecule has 19 heavy (non-hydrogen) atoms. The number of hydrogen-bond donors (Lipinski definition) is 1. The van der Waals surface area contributed by atoms with Gasteiger partial charge in [0.15, 0.2) is 9.84 Å². The third-order valence-corrected chi connectivity index (χ3v) is 5.23. The number of nitrogens with one attached hydrogen (secondary N) is 1. The van der Waals surface area contributed by atoms with E-state index in [4.69, 9.17) is 0 Å². The summed E-state index contributed by atoms with van der Waals surface area (Å²) in [5, 5.41) is 3.03. The zero-order valence-electron chi connectivity index (χ0n) is 12.5. The van der Waals surface area contributed by atoms with Gasteiger partial charge in [0.1, 0.15) is 0 Å². The zero-order chi connectivity index (χ0) is 14.7. The van der Waals surface area contributed by atoms with Crippen LogP contribution in [0.3, 0.4) is 0 Å². The summed E-state index contributed by atoms with van der Waals surface area (Å²) >= 11 is 0. The van der Waals surface area contributed by atoms with Crippen LogP contribution in [0.1, 0.15) is 39.7 Å². The van der Waals surface area contributed by atoms with Gasteiger partial charge in [0.2, 0.25) is 0 Å². The van der Waals surface area contributed by atoms with E-state index in [2.05, 4.69) is 26.1 Å². The van der Waals surface area contributed by atoms with Crippen molar-refractivity contribution in [2.75, 3.05) is 12.8 Å². The molecule has 0 spiro atoms. The average Bonchev–Trinajstić information content (AvgIpc) is 2.35. The fourth-order valence-electron chi connectivity index (χ4n) is 1.93. The van der Waals surface area contributed by atoms with E-state index < -0.39 is 9.84 Å². The second-order valence-electron chi connectivity index (χ2n) is 5.95. The van der Waals surface area contributed by atoms with Crippen molar-refractivity contribution in [1.29, 1.82) is 0 Å². The molecule has 1 aromatic rings. The van der Waals surface area contributed by atoms with Gasteiger partial charge in [0.25, 0.3) is 0 Å². The Morgan fingerprint density at radius 3 is 2.05 bits per heavy atom. The topological polar surface area (TPSA) is 46.2 Å². The van der Waals surface area contributed by atoms with E-state index in [1.54, 1.807) is 19.2 Å². The molecule has 0 aliphatic rings. The number of sulfone groups is 1. The van der Waals surface area contributed by atoms with Gasteiger partial charge < -0.3 is 5.32 Å². The predicted octanol–water partition coefficient (Wildman–Crippen LogP) is 2.76. The fourth-order valence-corrected chi connectivity index (χ4v) is 3.60. The first-order valence-electron chi connectivity index (χ1n) is 6.71. The molecule has 1 rings (SSSR count). The summed E-state index contributed by atoms with van der Waals surface area (Å²) in [6.07, 6.45) is 0.801. The Bertz CT molecular complexity index is 494. The fraction of sp³-hybridized carbons (Fsp3) is 0.600. The molecule has 0 fully saturated rings. The van der Waals surface area contributed by atoms with Crippen molar-refractivity contribution >= 4 is 9.84 Å². The van der Waals surface area contributed by atoms with Crippen LogP contribution >= 0.6 is 0 Å². The van der Waals surface area contributed by atoms with Gasteiger partial charge >= 0.3 is 0 Å². The summed E-state index contributed by atoms with van der Waals surface area (Å²) in [5.41, 5.74) is 1.19. The van der Waals surface area contributed by atoms with E-state index in [1.807, 2.05) is 19.1 Å². The van der Waals surface area contributed by atoms with Crippen molar-refractivity contribution in [1.82, 2.24) is 5.32 Å². The van der Waals surface area contributed by atoms with Crippen LogP contribution < -0.4 is 5.32 Å². The number of benzene rings is 1. The maximum absolute atomic E-state index is 12.3. The highest BCUT2D eigenvalue weighted by atomic mass is 32.2. The van der Waals surface area contributed by atoms with Gasteiger partial charge in [-0.25, -0.2) is 8.42 Å². The van der Waals surface area contributed by atoms with E-state index in [0.717, 1.165) is 12.0 Å². The largest absolute Gasteiger partial charge is 0.316 e. The first kappa shape index (κ1) is 16.2. The van der Waals surface area contributed by atoms with E-state index in [1.165, 1.54) is 0 Å². The Morgan fingerprint density at radius 1 is 1.16 bits per heavy atom. The predicted molar refractivity (Wildman–Crippen MR) is 80.3 cm³/mol. The second-order valence-corrected chi connectivity index (χ2v) is 7.98. The Morgan fingerprint density at radius 2 is 1.68 bits per heavy atom. The van der Waals surface area contributed by atoms with E-state index in [-0.39, 0.29) is 17.2 Å². The summed E-state index contributed by atoms with van der Waals surface area (Å²) in [4.78, 5) is 0.411. The minimum absolute atomic E-state index is 0.00675. The molecule has 1 atom stereocenters. The molecule has 1 unspecified atom stereocenters. The highest BCUT2D eigenvalue weighted by Gasteiger charge is 2.20. The lowest BCUT2D eigenvalue weighted by molar-refractivity contribution is 0.555. The molecule has 0 aromatic heterocycles. The van der Waals surface area contributed by atoms with Crippen molar-refractivity contribution in [3.8, 4) is 0 Å². The molecule has 0 radical (unpaired) electrons. The number of hydrogen-bond acceptors (Lipinski definition) is 3. The van der Waals surface area contributed by atoms with Crippen LogP contribution in [0.15, 0.2) is 29.2 Å². The normalized spacial score (nSPS) is 14.4. The van der Waals surface area contributed by atoms with Crippen LogP contribution in [0.5, 0.6) is 0 Å². The van der Waals surface area contributed by atoms with E-state index in [0.29, 0.717) is 4.90 Å². The molecular formula is C15H25NO2S. The molecule has 0 aliphatic heterocycles. The third-order valence-electron chi connectivity index (χ3n) is 3.40. The van der Waals surface area contributed by atoms with Gasteiger partial charge in [-0.3, -0.25) is 0 Å². The Kier molecular flexibility index (Phi) is 5.16. The van der Waals surface area contributed by atoms with Gasteiger partial charge in [-0.2, -0.15) is 0 Å². The maximum atomic E-state index is 12.3. The zero-order valence-corrected chi connectivity index (χ0v) is 13.3. The smallest absolute Gasteiger partial charge is 0.179 e. The highest BCUT2D eigenvalue weighted by molar-refractivity contribution is 7.91. The van der Waals surface area contributed by atoms with E-state index >= 15 is 0 Å². The number of rotatable bonds is 5. The maximum Gasteiger partial charge on any atom is 0.179 e. The minimum Gasteiger partial charge on any atom is -0.316 e. The molecule has 4 heteroatoms. The average molecular weight is 283 g/mol. The van der Waals surface area contributed by atoms with Gasteiger partial charge in [0, 0.05) is 6.04 Å². The first-order valence-corrected chi connectivity index (χ1v) is 8.36. The summed E-state index contributed by atoms with van der Waals surface area (Å²) in [6.45, 7) is 8.33. The summed E-state index contributed by atoms with van der Waals surface area (Å²) in [7, 11) is -1.41. The molecule has 0 heterocycles. The Balaban J connectivity index is 2.97. The van der Waals surface area contributed by atoms with Crippen molar-refractivity contribution in [3.05, 3.63) is 29.8 Å². The van der Waals surface area contributed by atoms with E-state index in [9.17, 15) is 8.42 Å². The lowest BCUT2D eigenvalue weighted by Gasteiger charge is -2.19. The molecule has 0 amide bonds. The standard InChI is InChI=1S/C15H25NO2S/c1-6-13(16-5)11-19(17,18)14-9-7-12(8-10-14)15(2,3)4/h7-10,13,16H,6,11H2,1-5H3. The van der Waals surface area contributed by atoms with Crippen LogP contribution in [0.4, 0.5) is 0 Å². The highest BCUT2D eigenvalue weighted by Crippen LogP contribution is 2.24. The van der Waals surface area contributed by atoms with Crippen molar-refractivity contribution in [2.24, 2.45) is 0 Å². The van der Waals surface area contributed by atoms with Crippen LogP contribution in [0.25, 0.3) is 0 Å². The molecule has 0 saturated carbocycles. The van der Waals surface area contributed by atoms with Crippen LogP contribution in [-0.2, 0) is 15.3 Å². The van der Waals surface area contributed by atoms with Crippen LogP contribution in [0.2, 0.25) is 0 Å². The third kappa shape index (κ3) is 4.32. The summed E-state index contributed by atoms with van der Waals surface area (Å²) in [6, 6.07) is 7.27. The lowest BCUT2D eigenvalue weighted by atomic mass is 9.87. The van der Waals surface area contributed by atoms with Crippen LogP contribution in [0, 0.1) is 0 Å². The second kappa shape index (κ2) is 6.06. The Hall–Kier alpha value is -0.870. The molecule has 108 valence electrons. The molecule has 1 aromatic carbocycles. The Labute approximate surface area is 117 Å².